The molecule has 0 fully saturated rings. The highest BCUT2D eigenvalue weighted by Gasteiger charge is 2.39. The van der Waals surface area contributed by atoms with Crippen LogP contribution in [-0.2, 0) is 9.59 Å². The SMILES string of the molecule is Cc1ccc(N2C(=O)C(Cl)=C(Nc3cccc(C(=O)Nc4ccc(Oc5ccccc5)cc4)c3)C2=O)c(C)c1. The molecule has 1 heterocycles. The lowest BCUT2D eigenvalue weighted by molar-refractivity contribution is -0.120. The third-order valence-corrected chi connectivity index (χ3v) is 6.46. The van der Waals surface area contributed by atoms with Crippen molar-refractivity contribution in [3.05, 3.63) is 124 Å². The highest BCUT2D eigenvalue weighted by atomic mass is 35.5. The number of aryl methyl sites for hydroxylation is 2. The number of para-hydroxylation sites is 1. The van der Waals surface area contributed by atoms with Gasteiger partial charge in [-0.15, -0.1) is 0 Å². The molecule has 1 aliphatic rings. The highest BCUT2D eigenvalue weighted by molar-refractivity contribution is 6.53. The number of nitrogens with one attached hydrogen (secondary N) is 2. The first-order valence-corrected chi connectivity index (χ1v) is 12.5. The van der Waals surface area contributed by atoms with E-state index in [9.17, 15) is 14.4 Å². The van der Waals surface area contributed by atoms with E-state index >= 15 is 0 Å². The van der Waals surface area contributed by atoms with Crippen molar-refractivity contribution < 1.29 is 19.1 Å². The van der Waals surface area contributed by atoms with Crippen LogP contribution in [0.1, 0.15) is 21.5 Å². The first kappa shape index (κ1) is 25.8. The molecule has 0 aliphatic carbocycles. The van der Waals surface area contributed by atoms with Crippen molar-refractivity contribution in [1.29, 1.82) is 0 Å². The molecule has 0 saturated heterocycles. The number of carbonyl (C=O) groups excluding carboxylic acids is 3. The van der Waals surface area contributed by atoms with Crippen LogP contribution in [0.25, 0.3) is 0 Å². The summed E-state index contributed by atoms with van der Waals surface area (Å²) in [6.45, 7) is 3.76. The van der Waals surface area contributed by atoms with Gasteiger partial charge in [0.15, 0.2) is 0 Å². The molecular formula is C31H24ClN3O4. The summed E-state index contributed by atoms with van der Waals surface area (Å²) in [6.07, 6.45) is 0. The number of rotatable bonds is 7. The fourth-order valence-corrected chi connectivity index (χ4v) is 4.42. The van der Waals surface area contributed by atoms with Crippen LogP contribution < -0.4 is 20.3 Å². The fourth-order valence-electron chi connectivity index (χ4n) is 4.20. The van der Waals surface area contributed by atoms with Crippen LogP contribution in [0.5, 0.6) is 11.5 Å². The number of nitrogens with zero attached hydrogens (tertiary/aromatic N) is 1. The maximum Gasteiger partial charge on any atom is 0.283 e. The highest BCUT2D eigenvalue weighted by Crippen LogP contribution is 2.32. The molecule has 4 aromatic rings. The monoisotopic (exact) mass is 537 g/mol. The third kappa shape index (κ3) is 5.54. The van der Waals surface area contributed by atoms with Gasteiger partial charge in [-0.1, -0.05) is 53.6 Å². The van der Waals surface area contributed by atoms with E-state index in [1.54, 1.807) is 54.6 Å². The normalized spacial score (nSPS) is 13.1. The Labute approximate surface area is 230 Å². The Morgan fingerprint density at radius 2 is 1.49 bits per heavy atom. The van der Waals surface area contributed by atoms with E-state index in [2.05, 4.69) is 10.6 Å². The lowest BCUT2D eigenvalue weighted by atomic mass is 10.1. The van der Waals surface area contributed by atoms with Crippen molar-refractivity contribution in [2.75, 3.05) is 15.5 Å². The van der Waals surface area contributed by atoms with Crippen LogP contribution in [0.2, 0.25) is 0 Å². The summed E-state index contributed by atoms with van der Waals surface area (Å²) in [7, 11) is 0. The zero-order valence-corrected chi connectivity index (χ0v) is 22.0. The zero-order valence-electron chi connectivity index (χ0n) is 21.2. The summed E-state index contributed by atoms with van der Waals surface area (Å²) in [6, 6.07) is 28.4. The molecule has 3 amide bonds. The molecule has 0 radical (unpaired) electrons. The van der Waals surface area contributed by atoms with E-state index in [0.29, 0.717) is 34.1 Å². The Morgan fingerprint density at radius 3 is 2.21 bits per heavy atom. The molecule has 0 unspecified atom stereocenters. The van der Waals surface area contributed by atoms with Gasteiger partial charge in [-0.25, -0.2) is 4.90 Å². The molecule has 7 nitrogen and oxygen atoms in total. The zero-order chi connectivity index (χ0) is 27.5. The molecule has 1 aliphatic heterocycles. The van der Waals surface area contributed by atoms with Gasteiger partial charge in [0.2, 0.25) is 0 Å². The quantitative estimate of drug-likeness (QED) is 0.254. The Hall–Kier alpha value is -4.88. The van der Waals surface area contributed by atoms with Crippen LogP contribution >= 0.6 is 11.6 Å². The number of hydrogen-bond donors (Lipinski definition) is 2. The van der Waals surface area contributed by atoms with Gasteiger partial charge in [0.25, 0.3) is 17.7 Å². The lowest BCUT2D eigenvalue weighted by Gasteiger charge is -2.18. The van der Waals surface area contributed by atoms with Crippen LogP contribution in [0.3, 0.4) is 0 Å². The van der Waals surface area contributed by atoms with Crippen LogP contribution in [0.15, 0.2) is 108 Å². The minimum atomic E-state index is -0.607. The summed E-state index contributed by atoms with van der Waals surface area (Å²) in [5.74, 6) is -0.162. The molecular weight excluding hydrogens is 514 g/mol. The average molecular weight is 538 g/mol. The van der Waals surface area contributed by atoms with Crippen molar-refractivity contribution in [2.45, 2.75) is 13.8 Å². The minimum absolute atomic E-state index is 0.0480. The summed E-state index contributed by atoms with van der Waals surface area (Å²) in [5.41, 5.74) is 3.59. The number of carbonyl (C=O) groups is 3. The van der Waals surface area contributed by atoms with E-state index in [4.69, 9.17) is 16.3 Å². The minimum Gasteiger partial charge on any atom is -0.457 e. The maximum absolute atomic E-state index is 13.2. The van der Waals surface area contributed by atoms with Gasteiger partial charge in [0.05, 0.1) is 5.69 Å². The van der Waals surface area contributed by atoms with Gasteiger partial charge in [-0.3, -0.25) is 14.4 Å². The van der Waals surface area contributed by atoms with E-state index in [1.165, 1.54) is 0 Å². The molecule has 0 bridgehead atoms. The number of imide groups is 1. The molecule has 0 spiro atoms. The fraction of sp³-hybridized carbons (Fsp3) is 0.0645. The molecule has 39 heavy (non-hydrogen) atoms. The molecule has 4 aromatic carbocycles. The number of anilines is 3. The summed E-state index contributed by atoms with van der Waals surface area (Å²) in [5, 5.41) is 5.56. The van der Waals surface area contributed by atoms with E-state index in [0.717, 1.165) is 16.0 Å². The van der Waals surface area contributed by atoms with Crippen molar-refractivity contribution >= 4 is 46.4 Å². The largest absolute Gasteiger partial charge is 0.457 e. The Bertz CT molecular complexity index is 1610. The van der Waals surface area contributed by atoms with Crippen molar-refractivity contribution in [1.82, 2.24) is 0 Å². The van der Waals surface area contributed by atoms with Crippen molar-refractivity contribution in [3.8, 4) is 11.5 Å². The van der Waals surface area contributed by atoms with E-state index < -0.39 is 11.8 Å². The summed E-state index contributed by atoms with van der Waals surface area (Å²) >= 11 is 6.29. The second-order valence-corrected chi connectivity index (χ2v) is 9.40. The molecule has 8 heteroatoms. The predicted octanol–water partition coefficient (Wildman–Crippen LogP) is 6.78. The Kier molecular flexibility index (Phi) is 7.17. The lowest BCUT2D eigenvalue weighted by Crippen LogP contribution is -2.32. The van der Waals surface area contributed by atoms with Crippen LogP contribution in [0, 0.1) is 13.8 Å². The van der Waals surface area contributed by atoms with Gasteiger partial charge in [-0.05, 0) is 80.1 Å². The smallest absolute Gasteiger partial charge is 0.283 e. The molecule has 2 N–H and O–H groups in total. The number of hydrogen-bond acceptors (Lipinski definition) is 5. The molecule has 5 rings (SSSR count). The third-order valence-electron chi connectivity index (χ3n) is 6.11. The first-order valence-electron chi connectivity index (χ1n) is 12.2. The molecule has 0 aromatic heterocycles. The topological polar surface area (TPSA) is 87.7 Å². The van der Waals surface area contributed by atoms with Gasteiger partial charge < -0.3 is 15.4 Å². The molecule has 0 saturated carbocycles. The second-order valence-electron chi connectivity index (χ2n) is 9.02. The predicted molar refractivity (Wildman–Crippen MR) is 152 cm³/mol. The van der Waals surface area contributed by atoms with E-state index in [1.807, 2.05) is 56.3 Å². The molecule has 194 valence electrons. The Morgan fingerprint density at radius 1 is 0.769 bits per heavy atom. The standard InChI is InChI=1S/C31H24ClN3O4/c1-19-11-16-26(20(2)17-19)35-30(37)27(32)28(31(35)38)33-23-8-6-7-21(18-23)29(36)34-22-12-14-25(15-13-22)39-24-9-4-3-5-10-24/h3-18,33H,1-2H3,(H,34,36). The van der Waals surface area contributed by atoms with Gasteiger partial charge in [-0.2, -0.15) is 0 Å². The van der Waals surface area contributed by atoms with Crippen LogP contribution in [0.4, 0.5) is 17.1 Å². The number of amides is 3. The number of benzene rings is 4. The van der Waals surface area contributed by atoms with Crippen molar-refractivity contribution in [3.63, 3.8) is 0 Å². The average Bonchev–Trinajstić information content (AvgIpc) is 3.13. The first-order chi connectivity index (χ1) is 18.8. The van der Waals surface area contributed by atoms with Crippen LogP contribution in [-0.4, -0.2) is 17.7 Å². The van der Waals surface area contributed by atoms with Gasteiger partial charge in [0.1, 0.15) is 22.2 Å². The van der Waals surface area contributed by atoms with Crippen molar-refractivity contribution in [2.24, 2.45) is 0 Å². The number of ether oxygens (including phenoxy) is 1. The second kappa shape index (κ2) is 10.8. The maximum atomic E-state index is 13.2. The Balaban J connectivity index is 1.28. The summed E-state index contributed by atoms with van der Waals surface area (Å²) in [4.78, 5) is 40.0. The van der Waals surface area contributed by atoms with Gasteiger partial charge in [0, 0.05) is 16.9 Å². The van der Waals surface area contributed by atoms with E-state index in [-0.39, 0.29) is 16.6 Å². The number of halogens is 1. The summed E-state index contributed by atoms with van der Waals surface area (Å²) < 4.78 is 5.78. The van der Waals surface area contributed by atoms with Gasteiger partial charge >= 0.3 is 0 Å². The molecule has 0 atom stereocenters.